The van der Waals surface area contributed by atoms with Gasteiger partial charge in [0.2, 0.25) is 5.82 Å². The van der Waals surface area contributed by atoms with Gasteiger partial charge in [-0.15, -0.1) is 10.2 Å². The quantitative estimate of drug-likeness (QED) is 0.589. The Bertz CT molecular complexity index is 556. The van der Waals surface area contributed by atoms with Crippen molar-refractivity contribution in [3.05, 3.63) is 29.7 Å². The maximum absolute atomic E-state index is 12.8. The van der Waals surface area contributed by atoms with Crippen LogP contribution in [0.25, 0.3) is 5.65 Å². The lowest BCUT2D eigenvalue weighted by atomic mass is 10.2. The number of fused-ring (bicyclic) bond motifs is 1. The van der Waals surface area contributed by atoms with E-state index in [0.29, 0.717) is 4.40 Å². The predicted molar refractivity (Wildman–Crippen MR) is 47.7 cm³/mol. The summed E-state index contributed by atoms with van der Waals surface area (Å²) < 4.78 is 63.7. The largest absolute Gasteiger partial charge is 0.420 e. The van der Waals surface area contributed by atoms with Crippen LogP contribution in [0.4, 0.5) is 22.0 Å². The zero-order valence-corrected chi connectivity index (χ0v) is 8.60. The molecule has 3 nitrogen and oxygen atoms in total. The van der Waals surface area contributed by atoms with Gasteiger partial charge in [0, 0.05) is 6.20 Å². The molecule has 0 saturated carbocycles. The summed E-state index contributed by atoms with van der Waals surface area (Å²) in [4.78, 5) is 0. The zero-order valence-electron chi connectivity index (χ0n) is 7.84. The Hall–Kier alpha value is -1.44. The van der Waals surface area contributed by atoms with Gasteiger partial charge in [-0.1, -0.05) is 0 Å². The molecule has 0 amide bonds. The van der Waals surface area contributed by atoms with E-state index >= 15 is 0 Å². The zero-order chi connectivity index (χ0) is 12.8. The first-order chi connectivity index (χ1) is 7.71. The van der Waals surface area contributed by atoms with Crippen LogP contribution in [0, 0.1) is 0 Å². The van der Waals surface area contributed by atoms with Gasteiger partial charge in [0.05, 0.1) is 0 Å². The predicted octanol–water partition coefficient (Wildman–Crippen LogP) is 3.04. The SMILES string of the molecule is FC(F)(F)c1cccn2c(C(F)(F)Cl)nnc12. The van der Waals surface area contributed by atoms with Gasteiger partial charge in [0.15, 0.2) is 5.65 Å². The molecule has 0 spiro atoms. The van der Waals surface area contributed by atoms with E-state index in [4.69, 9.17) is 11.6 Å². The minimum atomic E-state index is -4.70. The average Bonchev–Trinajstić information content (AvgIpc) is 2.57. The topological polar surface area (TPSA) is 30.2 Å². The lowest BCUT2D eigenvalue weighted by Crippen LogP contribution is -2.11. The van der Waals surface area contributed by atoms with E-state index in [1.807, 2.05) is 0 Å². The molecule has 0 aliphatic carbocycles. The third-order valence-corrected chi connectivity index (χ3v) is 2.16. The number of aromatic nitrogens is 3. The Morgan fingerprint density at radius 2 is 1.76 bits per heavy atom. The summed E-state index contributed by atoms with van der Waals surface area (Å²) in [6, 6.07) is 1.69. The summed E-state index contributed by atoms with van der Waals surface area (Å²) in [6.07, 6.45) is -3.72. The fraction of sp³-hybridized carbons (Fsp3) is 0.250. The van der Waals surface area contributed by atoms with Crippen LogP contribution in [0.3, 0.4) is 0 Å². The number of nitrogens with zero attached hydrogens (tertiary/aromatic N) is 3. The maximum atomic E-state index is 12.8. The number of halogens is 6. The highest BCUT2D eigenvalue weighted by Crippen LogP contribution is 2.35. The fourth-order valence-corrected chi connectivity index (χ4v) is 1.46. The van der Waals surface area contributed by atoms with Crippen molar-refractivity contribution in [2.45, 2.75) is 11.6 Å². The molecule has 2 heterocycles. The average molecular weight is 272 g/mol. The van der Waals surface area contributed by atoms with Crippen LogP contribution in [0.1, 0.15) is 11.4 Å². The molecule has 0 saturated heterocycles. The Kier molecular flexibility index (Phi) is 2.49. The second kappa shape index (κ2) is 3.52. The number of rotatable bonds is 1. The van der Waals surface area contributed by atoms with Crippen LogP contribution in [0.5, 0.6) is 0 Å². The second-order valence-corrected chi connectivity index (χ2v) is 3.61. The normalized spacial score (nSPS) is 13.3. The number of hydrogen-bond donors (Lipinski definition) is 0. The molecule has 0 unspecified atom stereocenters. The van der Waals surface area contributed by atoms with E-state index in [1.54, 1.807) is 0 Å². The van der Waals surface area contributed by atoms with Gasteiger partial charge >= 0.3 is 11.6 Å². The standard InChI is InChI=1S/C8H3ClF5N3/c9-7(10,11)6-16-15-5-4(8(12,13)14)2-1-3-17(5)6/h1-3H. The Morgan fingerprint density at radius 1 is 1.12 bits per heavy atom. The lowest BCUT2D eigenvalue weighted by molar-refractivity contribution is -0.136. The molecule has 92 valence electrons. The molecule has 0 radical (unpaired) electrons. The molecular weight excluding hydrogens is 269 g/mol. The van der Waals surface area contributed by atoms with Crippen molar-refractivity contribution in [2.24, 2.45) is 0 Å². The van der Waals surface area contributed by atoms with Crippen molar-refractivity contribution in [2.75, 3.05) is 0 Å². The maximum Gasteiger partial charge on any atom is 0.420 e. The monoisotopic (exact) mass is 271 g/mol. The summed E-state index contributed by atoms with van der Waals surface area (Å²) in [5.41, 5.74) is -1.87. The van der Waals surface area contributed by atoms with Gasteiger partial charge in [0.25, 0.3) is 0 Å². The molecular formula is C8H3ClF5N3. The summed E-state index contributed by atoms with van der Waals surface area (Å²) in [6.45, 7) is 0. The van der Waals surface area contributed by atoms with Gasteiger partial charge in [-0.3, -0.25) is 4.40 Å². The minimum Gasteiger partial charge on any atom is -0.280 e. The van der Waals surface area contributed by atoms with Crippen LogP contribution >= 0.6 is 11.6 Å². The van der Waals surface area contributed by atoms with Crippen LogP contribution in [0.2, 0.25) is 0 Å². The molecule has 2 rings (SSSR count). The Balaban J connectivity index is 2.74. The van der Waals surface area contributed by atoms with E-state index in [0.717, 1.165) is 18.3 Å². The lowest BCUT2D eigenvalue weighted by Gasteiger charge is -2.08. The van der Waals surface area contributed by atoms with Crippen molar-refractivity contribution in [1.29, 1.82) is 0 Å². The first-order valence-corrected chi connectivity index (χ1v) is 4.57. The Labute approximate surface area is 95.8 Å². The third kappa shape index (κ3) is 2.04. The highest BCUT2D eigenvalue weighted by molar-refractivity contribution is 6.21. The Morgan fingerprint density at radius 3 is 2.29 bits per heavy atom. The molecule has 0 atom stereocenters. The molecule has 0 aliphatic rings. The molecule has 0 N–H and O–H groups in total. The van der Waals surface area contributed by atoms with Crippen molar-refractivity contribution < 1.29 is 22.0 Å². The number of pyridine rings is 1. The van der Waals surface area contributed by atoms with Crippen LogP contribution in [-0.4, -0.2) is 14.6 Å². The van der Waals surface area contributed by atoms with Gasteiger partial charge in [-0.2, -0.15) is 22.0 Å². The van der Waals surface area contributed by atoms with E-state index in [1.165, 1.54) is 0 Å². The molecule has 2 aromatic heterocycles. The van der Waals surface area contributed by atoms with Gasteiger partial charge in [0.1, 0.15) is 5.56 Å². The van der Waals surface area contributed by atoms with Gasteiger partial charge in [-0.05, 0) is 23.7 Å². The van der Waals surface area contributed by atoms with E-state index in [9.17, 15) is 22.0 Å². The highest BCUT2D eigenvalue weighted by Gasteiger charge is 2.38. The molecule has 9 heteroatoms. The molecule has 0 bridgehead atoms. The number of hydrogen-bond acceptors (Lipinski definition) is 2. The summed E-state index contributed by atoms with van der Waals surface area (Å²) in [5.74, 6) is -1.06. The molecule has 0 aliphatic heterocycles. The van der Waals surface area contributed by atoms with Crippen LogP contribution in [0.15, 0.2) is 18.3 Å². The molecule has 0 aromatic carbocycles. The fourth-order valence-electron chi connectivity index (χ4n) is 1.33. The van der Waals surface area contributed by atoms with E-state index < -0.39 is 28.6 Å². The van der Waals surface area contributed by atoms with Gasteiger partial charge in [-0.25, -0.2) is 0 Å². The molecule has 0 fully saturated rings. The summed E-state index contributed by atoms with van der Waals surface area (Å²) in [5, 5.41) is 2.17. The minimum absolute atomic E-state index is 0.510. The first-order valence-electron chi connectivity index (χ1n) is 4.19. The molecule has 17 heavy (non-hydrogen) atoms. The van der Waals surface area contributed by atoms with Crippen molar-refractivity contribution >= 4 is 17.2 Å². The van der Waals surface area contributed by atoms with Crippen molar-refractivity contribution in [3.63, 3.8) is 0 Å². The second-order valence-electron chi connectivity index (χ2n) is 3.13. The van der Waals surface area contributed by atoms with Crippen molar-refractivity contribution in [1.82, 2.24) is 14.6 Å². The smallest absolute Gasteiger partial charge is 0.280 e. The molecule has 2 aromatic rings. The number of alkyl halides is 6. The van der Waals surface area contributed by atoms with Crippen LogP contribution in [-0.2, 0) is 11.6 Å². The highest BCUT2D eigenvalue weighted by atomic mass is 35.5. The van der Waals surface area contributed by atoms with Crippen LogP contribution < -0.4 is 0 Å². The third-order valence-electron chi connectivity index (χ3n) is 1.99. The van der Waals surface area contributed by atoms with E-state index in [-0.39, 0.29) is 0 Å². The van der Waals surface area contributed by atoms with E-state index in [2.05, 4.69) is 10.2 Å². The summed E-state index contributed by atoms with van der Waals surface area (Å²) in [7, 11) is 0. The van der Waals surface area contributed by atoms with Crippen molar-refractivity contribution in [3.8, 4) is 0 Å². The summed E-state index contributed by atoms with van der Waals surface area (Å²) >= 11 is 4.71. The first kappa shape index (κ1) is 12.0. The van der Waals surface area contributed by atoms with Gasteiger partial charge < -0.3 is 0 Å².